The molecule has 2 unspecified atom stereocenters. The molecule has 0 aromatic heterocycles. The topological polar surface area (TPSA) is 27.7 Å². The van der Waals surface area contributed by atoms with Gasteiger partial charge in [-0.1, -0.05) is 101 Å². The Morgan fingerprint density at radius 2 is 1.48 bits per heavy atom. The Morgan fingerprint density at radius 3 is 1.94 bits per heavy atom. The largest absolute Gasteiger partial charge is 0.462 e. The van der Waals surface area contributed by atoms with Crippen molar-refractivity contribution in [3.8, 4) is 5.75 Å². The molecule has 188 valence electrons. The molecule has 0 amide bonds. The number of allylic oxidation sites excluding steroid dienone is 1. The summed E-state index contributed by atoms with van der Waals surface area (Å²) < 4.78 is 19.1. The maximum atomic E-state index is 6.69. The average Bonchev–Trinajstić information content (AvgIpc) is 2.67. The molecule has 0 spiro atoms. The Balaban J connectivity index is 2.50. The van der Waals surface area contributed by atoms with E-state index in [9.17, 15) is 0 Å². The standard InChI is InChI=1S/C29H49O3P/c1-12-14-16-29(13-2)17-15-18-30-33(31-21-29)32-25-23(27(6,7)8)19-22(26(3,4)5)20-24(25)28(9,10)11/h15,18-20H,12-14,16-17,21H2,1-11H3/b18-15-. The van der Waals surface area contributed by atoms with Crippen LogP contribution in [-0.4, -0.2) is 6.61 Å². The number of rotatable bonds is 6. The Kier molecular flexibility index (Phi) is 9.14. The van der Waals surface area contributed by atoms with Crippen molar-refractivity contribution in [3.63, 3.8) is 0 Å². The van der Waals surface area contributed by atoms with Crippen LogP contribution >= 0.6 is 8.60 Å². The van der Waals surface area contributed by atoms with Gasteiger partial charge in [0, 0.05) is 11.1 Å². The van der Waals surface area contributed by atoms with Crippen LogP contribution in [0.3, 0.4) is 0 Å². The van der Waals surface area contributed by atoms with Gasteiger partial charge in [-0.15, -0.1) is 0 Å². The van der Waals surface area contributed by atoms with E-state index in [1.165, 1.54) is 36.0 Å². The van der Waals surface area contributed by atoms with Gasteiger partial charge in [0.1, 0.15) is 5.75 Å². The second-order valence-corrected chi connectivity index (χ2v) is 14.0. The monoisotopic (exact) mass is 476 g/mol. The zero-order valence-electron chi connectivity index (χ0n) is 23.2. The van der Waals surface area contributed by atoms with Crippen molar-refractivity contribution in [1.29, 1.82) is 0 Å². The normalized spacial score (nSPS) is 23.4. The highest BCUT2D eigenvalue weighted by molar-refractivity contribution is 7.42. The van der Waals surface area contributed by atoms with Gasteiger partial charge in [-0.25, -0.2) is 0 Å². The van der Waals surface area contributed by atoms with Crippen molar-refractivity contribution < 1.29 is 13.6 Å². The molecule has 1 aromatic carbocycles. The van der Waals surface area contributed by atoms with Gasteiger partial charge in [-0.2, -0.15) is 0 Å². The molecule has 2 atom stereocenters. The van der Waals surface area contributed by atoms with E-state index in [1.807, 2.05) is 0 Å². The molecule has 33 heavy (non-hydrogen) atoms. The van der Waals surface area contributed by atoms with Crippen molar-refractivity contribution in [3.05, 3.63) is 41.2 Å². The van der Waals surface area contributed by atoms with Crippen molar-refractivity contribution in [1.82, 2.24) is 0 Å². The van der Waals surface area contributed by atoms with E-state index in [0.717, 1.165) is 18.6 Å². The van der Waals surface area contributed by atoms with Crippen LogP contribution in [0.4, 0.5) is 0 Å². The maximum absolute atomic E-state index is 6.69. The minimum absolute atomic E-state index is 0.0554. The molecule has 1 aliphatic heterocycles. The van der Waals surface area contributed by atoms with Gasteiger partial charge in [0.25, 0.3) is 0 Å². The minimum Gasteiger partial charge on any atom is -0.426 e. The summed E-state index contributed by atoms with van der Waals surface area (Å²) in [5, 5.41) is 0. The summed E-state index contributed by atoms with van der Waals surface area (Å²) in [4.78, 5) is 0. The van der Waals surface area contributed by atoms with Gasteiger partial charge < -0.3 is 9.05 Å². The van der Waals surface area contributed by atoms with Crippen LogP contribution in [0.25, 0.3) is 0 Å². The lowest BCUT2D eigenvalue weighted by molar-refractivity contribution is 0.107. The number of hydrogen-bond donors (Lipinski definition) is 0. The molecular weight excluding hydrogens is 427 g/mol. The van der Waals surface area contributed by atoms with Gasteiger partial charge in [0.05, 0.1) is 12.9 Å². The maximum Gasteiger partial charge on any atom is 0.462 e. The summed E-state index contributed by atoms with van der Waals surface area (Å²) >= 11 is 0. The highest BCUT2D eigenvalue weighted by Crippen LogP contribution is 2.51. The summed E-state index contributed by atoms with van der Waals surface area (Å²) in [7, 11) is -1.52. The molecule has 0 saturated heterocycles. The number of benzene rings is 1. The molecule has 0 saturated carbocycles. The third kappa shape index (κ3) is 7.46. The molecule has 0 N–H and O–H groups in total. The predicted molar refractivity (Wildman–Crippen MR) is 143 cm³/mol. The first-order valence-corrected chi connectivity index (χ1v) is 13.8. The molecule has 4 heteroatoms. The molecule has 0 aliphatic carbocycles. The average molecular weight is 477 g/mol. The van der Waals surface area contributed by atoms with E-state index < -0.39 is 8.60 Å². The minimum atomic E-state index is -1.52. The van der Waals surface area contributed by atoms with Crippen molar-refractivity contribution >= 4 is 8.60 Å². The Bertz CT molecular complexity index is 773. The summed E-state index contributed by atoms with van der Waals surface area (Å²) in [5.74, 6) is 0.929. The first-order chi connectivity index (χ1) is 15.1. The molecule has 1 heterocycles. The smallest absolute Gasteiger partial charge is 0.426 e. The Morgan fingerprint density at radius 1 is 0.909 bits per heavy atom. The predicted octanol–water partition coefficient (Wildman–Crippen LogP) is 9.72. The van der Waals surface area contributed by atoms with Gasteiger partial charge >= 0.3 is 8.60 Å². The quantitative estimate of drug-likeness (QED) is 0.382. The molecule has 3 nitrogen and oxygen atoms in total. The summed E-state index contributed by atoms with van der Waals surface area (Å²) in [6, 6.07) is 4.66. The van der Waals surface area contributed by atoms with E-state index in [4.69, 9.17) is 13.6 Å². The fourth-order valence-corrected chi connectivity index (χ4v) is 5.28. The second-order valence-electron chi connectivity index (χ2n) is 12.9. The zero-order valence-corrected chi connectivity index (χ0v) is 24.1. The molecule has 1 aromatic rings. The van der Waals surface area contributed by atoms with Crippen LogP contribution in [0, 0.1) is 5.41 Å². The summed E-state index contributed by atoms with van der Waals surface area (Å²) in [5.41, 5.74) is 3.84. The Hall–Kier alpha value is -1.05. The SMILES string of the molecule is CCCCC1(CC)C/C=C\OP(Oc2c(C(C)(C)C)cc(C(C)(C)C)cc2C(C)(C)C)OC1. The molecule has 0 radical (unpaired) electrons. The first-order valence-electron chi connectivity index (χ1n) is 12.8. The molecular formula is C29H49O3P. The first kappa shape index (κ1) is 28.2. The van der Waals surface area contributed by atoms with Crippen LogP contribution in [0.1, 0.15) is 125 Å². The van der Waals surface area contributed by atoms with Crippen LogP contribution < -0.4 is 4.52 Å². The zero-order chi connectivity index (χ0) is 25.1. The molecule has 0 bridgehead atoms. The van der Waals surface area contributed by atoms with E-state index in [1.54, 1.807) is 6.26 Å². The number of unbranched alkanes of at least 4 members (excludes halogenated alkanes) is 1. The van der Waals surface area contributed by atoms with Crippen LogP contribution in [0.2, 0.25) is 0 Å². The van der Waals surface area contributed by atoms with E-state index in [2.05, 4.69) is 94.4 Å². The fraction of sp³-hybridized carbons (Fsp3) is 0.724. The van der Waals surface area contributed by atoms with Crippen LogP contribution in [0.15, 0.2) is 24.5 Å². The van der Waals surface area contributed by atoms with Gasteiger partial charge in [-0.3, -0.25) is 4.52 Å². The van der Waals surface area contributed by atoms with E-state index in [0.29, 0.717) is 6.61 Å². The van der Waals surface area contributed by atoms with Crippen LogP contribution in [0.5, 0.6) is 5.75 Å². The van der Waals surface area contributed by atoms with Crippen molar-refractivity contribution in [2.75, 3.05) is 6.61 Å². The van der Waals surface area contributed by atoms with E-state index in [-0.39, 0.29) is 21.7 Å². The molecule has 0 fully saturated rings. The summed E-state index contributed by atoms with van der Waals surface area (Å²) in [6.45, 7) is 25.6. The highest BCUT2D eigenvalue weighted by Gasteiger charge is 2.35. The second kappa shape index (κ2) is 10.7. The van der Waals surface area contributed by atoms with Gasteiger partial charge in [0.2, 0.25) is 0 Å². The molecule has 1 aliphatic rings. The van der Waals surface area contributed by atoms with Crippen LogP contribution in [-0.2, 0) is 25.3 Å². The highest BCUT2D eigenvalue weighted by atomic mass is 31.2. The van der Waals surface area contributed by atoms with E-state index >= 15 is 0 Å². The Labute approximate surface area is 205 Å². The lowest BCUT2D eigenvalue weighted by Crippen LogP contribution is -2.27. The third-order valence-electron chi connectivity index (χ3n) is 6.82. The van der Waals surface area contributed by atoms with Crippen molar-refractivity contribution in [2.45, 2.75) is 125 Å². The van der Waals surface area contributed by atoms with Gasteiger partial charge in [-0.05, 0) is 52.6 Å². The molecule has 2 rings (SSSR count). The summed E-state index contributed by atoms with van der Waals surface area (Å²) in [6.07, 6.45) is 9.66. The van der Waals surface area contributed by atoms with Gasteiger partial charge in [0.15, 0.2) is 0 Å². The fourth-order valence-electron chi connectivity index (χ4n) is 4.22. The lowest BCUT2D eigenvalue weighted by Gasteiger charge is -2.36. The number of hydrogen-bond acceptors (Lipinski definition) is 3. The van der Waals surface area contributed by atoms with Crippen molar-refractivity contribution in [2.24, 2.45) is 5.41 Å². The lowest BCUT2D eigenvalue weighted by atomic mass is 9.75. The third-order valence-corrected chi connectivity index (χ3v) is 7.78.